The Morgan fingerprint density at radius 1 is 1.40 bits per heavy atom. The van der Waals surface area contributed by atoms with Crippen LogP contribution in [0.5, 0.6) is 0 Å². The highest BCUT2D eigenvalue weighted by molar-refractivity contribution is 5.29. The van der Waals surface area contributed by atoms with Crippen LogP contribution in [0.1, 0.15) is 38.6 Å². The molecule has 82 valence electrons. The van der Waals surface area contributed by atoms with Crippen LogP contribution in [0.3, 0.4) is 0 Å². The largest absolute Gasteiger partial charge is 0.348 e. The molecule has 3 nitrogen and oxygen atoms in total. The third-order valence-electron chi connectivity index (χ3n) is 4.29. The molecule has 0 amide bonds. The van der Waals surface area contributed by atoms with Crippen LogP contribution in [0.25, 0.3) is 0 Å². The van der Waals surface area contributed by atoms with Crippen LogP contribution in [0.2, 0.25) is 0 Å². The Morgan fingerprint density at radius 3 is 2.80 bits per heavy atom. The van der Waals surface area contributed by atoms with Gasteiger partial charge in [0.05, 0.1) is 17.6 Å². The molecule has 2 heterocycles. The molecule has 0 aromatic carbocycles. The van der Waals surface area contributed by atoms with Gasteiger partial charge in [0.2, 0.25) is 0 Å². The van der Waals surface area contributed by atoms with E-state index in [9.17, 15) is 0 Å². The highest BCUT2D eigenvalue weighted by atomic mass is 15.1. The van der Waals surface area contributed by atoms with E-state index in [0.717, 1.165) is 18.9 Å². The van der Waals surface area contributed by atoms with Crippen LogP contribution in [-0.2, 0) is 12.0 Å². The van der Waals surface area contributed by atoms with Crippen molar-refractivity contribution in [1.82, 2.24) is 15.3 Å². The number of H-pyrrole nitrogens is 1. The maximum Gasteiger partial charge on any atom is 0.0926 e. The molecule has 1 aromatic heterocycles. The molecule has 0 spiro atoms. The maximum absolute atomic E-state index is 4.52. The Labute approximate surface area is 90.7 Å². The van der Waals surface area contributed by atoms with E-state index in [4.69, 9.17) is 0 Å². The standard InChI is InChI=1S/C12H19N3/c1-11(2)6-9(11)12(3)10-8(4-5-15-12)13-7-14-10/h7,9,15H,4-6H2,1-3H3,(H,13,14). The average Bonchev–Trinajstić information content (AvgIpc) is 2.65. The molecule has 0 bridgehead atoms. The van der Waals surface area contributed by atoms with Crippen LogP contribution in [0.4, 0.5) is 0 Å². The van der Waals surface area contributed by atoms with Crippen molar-refractivity contribution in [2.45, 2.75) is 39.2 Å². The summed E-state index contributed by atoms with van der Waals surface area (Å²) in [6, 6.07) is 0. The van der Waals surface area contributed by atoms with E-state index in [1.807, 2.05) is 6.33 Å². The normalized spacial score (nSPS) is 37.4. The number of nitrogens with one attached hydrogen (secondary N) is 2. The average molecular weight is 205 g/mol. The second-order valence-corrected chi connectivity index (χ2v) is 5.85. The summed E-state index contributed by atoms with van der Waals surface area (Å²) >= 11 is 0. The fourth-order valence-corrected chi connectivity index (χ4v) is 3.23. The minimum atomic E-state index is 0.0943. The van der Waals surface area contributed by atoms with Crippen LogP contribution in [0.15, 0.2) is 6.33 Å². The molecule has 3 rings (SSSR count). The highest BCUT2D eigenvalue weighted by Gasteiger charge is 2.58. The van der Waals surface area contributed by atoms with Gasteiger partial charge in [0.1, 0.15) is 0 Å². The van der Waals surface area contributed by atoms with Crippen molar-refractivity contribution >= 4 is 0 Å². The summed E-state index contributed by atoms with van der Waals surface area (Å²) in [7, 11) is 0. The zero-order chi connectivity index (χ0) is 10.7. The summed E-state index contributed by atoms with van der Waals surface area (Å²) in [4.78, 5) is 7.79. The molecule has 3 heteroatoms. The van der Waals surface area contributed by atoms with Crippen LogP contribution >= 0.6 is 0 Å². The van der Waals surface area contributed by atoms with Crippen molar-refractivity contribution in [3.8, 4) is 0 Å². The first kappa shape index (κ1) is 9.40. The van der Waals surface area contributed by atoms with Gasteiger partial charge in [0, 0.05) is 18.7 Å². The van der Waals surface area contributed by atoms with Gasteiger partial charge in [-0.15, -0.1) is 0 Å². The van der Waals surface area contributed by atoms with Gasteiger partial charge >= 0.3 is 0 Å². The third-order valence-corrected chi connectivity index (χ3v) is 4.29. The van der Waals surface area contributed by atoms with Gasteiger partial charge in [-0.1, -0.05) is 13.8 Å². The van der Waals surface area contributed by atoms with Gasteiger partial charge in [0.15, 0.2) is 0 Å². The number of hydrogen-bond donors (Lipinski definition) is 2. The molecule has 0 radical (unpaired) electrons. The van der Waals surface area contributed by atoms with Gasteiger partial charge in [-0.05, 0) is 24.7 Å². The summed E-state index contributed by atoms with van der Waals surface area (Å²) in [6.07, 6.45) is 4.23. The summed E-state index contributed by atoms with van der Waals surface area (Å²) in [5, 5.41) is 3.67. The quantitative estimate of drug-likeness (QED) is 0.734. The summed E-state index contributed by atoms with van der Waals surface area (Å²) in [5.74, 6) is 0.729. The van der Waals surface area contributed by atoms with E-state index in [0.29, 0.717) is 5.41 Å². The van der Waals surface area contributed by atoms with E-state index < -0.39 is 0 Å². The lowest BCUT2D eigenvalue weighted by molar-refractivity contribution is 0.260. The highest BCUT2D eigenvalue weighted by Crippen LogP contribution is 2.60. The predicted molar refractivity (Wildman–Crippen MR) is 59.5 cm³/mol. The smallest absolute Gasteiger partial charge is 0.0926 e. The van der Waals surface area contributed by atoms with E-state index in [1.165, 1.54) is 17.8 Å². The van der Waals surface area contributed by atoms with Gasteiger partial charge in [-0.2, -0.15) is 0 Å². The van der Waals surface area contributed by atoms with Gasteiger partial charge in [-0.25, -0.2) is 4.98 Å². The fraction of sp³-hybridized carbons (Fsp3) is 0.750. The Balaban J connectivity index is 2.01. The Bertz CT molecular complexity index is 393. The molecule has 2 atom stereocenters. The van der Waals surface area contributed by atoms with Crippen molar-refractivity contribution in [2.75, 3.05) is 6.54 Å². The second-order valence-electron chi connectivity index (χ2n) is 5.85. The van der Waals surface area contributed by atoms with E-state index >= 15 is 0 Å². The predicted octanol–water partition coefficient (Wildman–Crippen LogP) is 1.82. The van der Waals surface area contributed by atoms with Crippen molar-refractivity contribution in [2.24, 2.45) is 11.3 Å². The summed E-state index contributed by atoms with van der Waals surface area (Å²) in [6.45, 7) is 8.08. The third kappa shape index (κ3) is 1.19. The van der Waals surface area contributed by atoms with E-state index in [-0.39, 0.29) is 5.54 Å². The fourth-order valence-electron chi connectivity index (χ4n) is 3.23. The zero-order valence-electron chi connectivity index (χ0n) is 9.72. The molecule has 2 unspecified atom stereocenters. The van der Waals surface area contributed by atoms with E-state index in [1.54, 1.807) is 0 Å². The second kappa shape index (κ2) is 2.64. The Hall–Kier alpha value is -0.830. The van der Waals surface area contributed by atoms with Crippen LogP contribution in [-0.4, -0.2) is 16.5 Å². The number of aromatic amines is 1. The number of imidazole rings is 1. The molecule has 0 saturated heterocycles. The molecule has 1 aromatic rings. The van der Waals surface area contributed by atoms with Gasteiger partial charge in [0.25, 0.3) is 0 Å². The van der Waals surface area contributed by atoms with Crippen molar-refractivity contribution < 1.29 is 0 Å². The minimum Gasteiger partial charge on any atom is -0.348 e. The zero-order valence-corrected chi connectivity index (χ0v) is 9.72. The molecule has 1 aliphatic carbocycles. The molecular weight excluding hydrogens is 186 g/mol. The molecule has 15 heavy (non-hydrogen) atoms. The number of aromatic nitrogens is 2. The molecule has 1 aliphatic heterocycles. The van der Waals surface area contributed by atoms with Crippen molar-refractivity contribution in [3.63, 3.8) is 0 Å². The Kier molecular flexibility index (Phi) is 1.66. The first-order chi connectivity index (χ1) is 7.04. The summed E-state index contributed by atoms with van der Waals surface area (Å²) < 4.78 is 0. The number of nitrogens with zero attached hydrogens (tertiary/aromatic N) is 1. The van der Waals surface area contributed by atoms with Gasteiger partial charge in [-0.3, -0.25) is 0 Å². The lowest BCUT2D eigenvalue weighted by Crippen LogP contribution is -2.47. The molecular formula is C12H19N3. The van der Waals surface area contributed by atoms with E-state index in [2.05, 4.69) is 36.1 Å². The Morgan fingerprint density at radius 2 is 2.13 bits per heavy atom. The number of hydrogen-bond acceptors (Lipinski definition) is 2. The topological polar surface area (TPSA) is 40.7 Å². The lowest BCUT2D eigenvalue weighted by atomic mass is 9.83. The minimum absolute atomic E-state index is 0.0943. The van der Waals surface area contributed by atoms with Crippen molar-refractivity contribution in [1.29, 1.82) is 0 Å². The maximum atomic E-state index is 4.52. The van der Waals surface area contributed by atoms with Gasteiger partial charge < -0.3 is 10.3 Å². The molecule has 1 fully saturated rings. The SMILES string of the molecule is CC1(C)CC1C1(C)NCCc2[nH]cnc21. The number of fused-ring (bicyclic) bond motifs is 1. The first-order valence-electron chi connectivity index (χ1n) is 5.82. The molecule has 2 N–H and O–H groups in total. The lowest BCUT2D eigenvalue weighted by Gasteiger charge is -2.35. The van der Waals surface area contributed by atoms with Crippen molar-refractivity contribution in [3.05, 3.63) is 17.7 Å². The molecule has 1 saturated carbocycles. The van der Waals surface area contributed by atoms with Crippen LogP contribution < -0.4 is 5.32 Å². The number of rotatable bonds is 1. The molecule has 2 aliphatic rings. The summed E-state index contributed by atoms with van der Waals surface area (Å²) in [5.41, 5.74) is 3.16. The monoisotopic (exact) mass is 205 g/mol. The van der Waals surface area contributed by atoms with Crippen LogP contribution in [0, 0.1) is 11.3 Å². The first-order valence-corrected chi connectivity index (χ1v) is 5.82.